The predicted octanol–water partition coefficient (Wildman–Crippen LogP) is 3.77. The minimum Gasteiger partial charge on any atom is -0.461 e. The van der Waals surface area contributed by atoms with Crippen LogP contribution in [-0.4, -0.2) is 33.3 Å². The Hall–Kier alpha value is -4.03. The second-order valence-corrected chi connectivity index (χ2v) is 8.32. The molecule has 1 amide bonds. The first-order valence-corrected chi connectivity index (χ1v) is 11.2. The zero-order chi connectivity index (χ0) is 24.4. The van der Waals surface area contributed by atoms with Gasteiger partial charge in [0.15, 0.2) is 11.6 Å². The molecule has 1 N–H and O–H groups in total. The molecule has 1 saturated heterocycles. The molecule has 1 fully saturated rings. The van der Waals surface area contributed by atoms with E-state index in [1.807, 2.05) is 68.4 Å². The van der Waals surface area contributed by atoms with Gasteiger partial charge in [0.2, 0.25) is 5.91 Å². The van der Waals surface area contributed by atoms with Crippen LogP contribution in [0.5, 0.6) is 0 Å². The normalized spacial score (nSPS) is 17.8. The monoisotopic (exact) mass is 473 g/mol. The molecule has 0 radical (unpaired) electrons. The van der Waals surface area contributed by atoms with Gasteiger partial charge in [-0.2, -0.15) is 10.4 Å². The van der Waals surface area contributed by atoms with Crippen LogP contribution in [0, 0.1) is 31.1 Å². The molecule has 0 bridgehead atoms. The summed E-state index contributed by atoms with van der Waals surface area (Å²) in [6.07, 6.45) is 0.821. The summed E-state index contributed by atoms with van der Waals surface area (Å²) in [5, 5.41) is 17.0. The van der Waals surface area contributed by atoms with Gasteiger partial charge < -0.3 is 15.0 Å². The fourth-order valence-corrected chi connectivity index (χ4v) is 4.25. The van der Waals surface area contributed by atoms with Crippen LogP contribution < -0.4 is 10.2 Å². The molecule has 8 nitrogen and oxygen atoms in total. The van der Waals surface area contributed by atoms with E-state index in [0.717, 1.165) is 22.5 Å². The summed E-state index contributed by atoms with van der Waals surface area (Å²) in [4.78, 5) is 27.6. The second-order valence-electron chi connectivity index (χ2n) is 7.91. The number of rotatable bonds is 5. The fourth-order valence-electron chi connectivity index (χ4n) is 3.89. The SMILES string of the molecule is CCOC(=O)c1nn(-c2ccccc2)cc1C1NC(=O)C(C#N)C(=S)N1c1cc(C)ccc1C. The van der Waals surface area contributed by atoms with Gasteiger partial charge in [-0.25, -0.2) is 9.48 Å². The second kappa shape index (κ2) is 9.45. The number of para-hydroxylation sites is 1. The Balaban J connectivity index is 1.92. The van der Waals surface area contributed by atoms with Crippen molar-refractivity contribution in [1.82, 2.24) is 15.1 Å². The van der Waals surface area contributed by atoms with Gasteiger partial charge in [-0.3, -0.25) is 4.79 Å². The molecule has 0 saturated carbocycles. The average molecular weight is 474 g/mol. The zero-order valence-corrected chi connectivity index (χ0v) is 19.8. The number of thiocarbonyl (C=S) groups is 1. The molecule has 2 unspecified atom stereocenters. The molecular formula is C25H23N5O3S. The van der Waals surface area contributed by atoms with Crippen molar-refractivity contribution in [2.45, 2.75) is 26.9 Å². The van der Waals surface area contributed by atoms with Gasteiger partial charge in [0.1, 0.15) is 11.2 Å². The number of hydrogen-bond acceptors (Lipinski definition) is 6. The highest BCUT2D eigenvalue weighted by atomic mass is 32.1. The van der Waals surface area contributed by atoms with Gasteiger partial charge in [0.05, 0.1) is 18.4 Å². The quantitative estimate of drug-likeness (QED) is 0.445. The molecule has 2 aromatic carbocycles. The van der Waals surface area contributed by atoms with Crippen LogP contribution in [0.1, 0.15) is 40.3 Å². The lowest BCUT2D eigenvalue weighted by molar-refractivity contribution is -0.123. The van der Waals surface area contributed by atoms with Crippen LogP contribution in [0.4, 0.5) is 5.69 Å². The van der Waals surface area contributed by atoms with E-state index in [1.165, 1.54) is 0 Å². The maximum absolute atomic E-state index is 12.9. The molecule has 0 spiro atoms. The lowest BCUT2D eigenvalue weighted by atomic mass is 9.99. The van der Waals surface area contributed by atoms with Crippen molar-refractivity contribution >= 4 is 34.8 Å². The Kier molecular flexibility index (Phi) is 6.43. The minimum absolute atomic E-state index is 0.0597. The van der Waals surface area contributed by atoms with E-state index in [9.17, 15) is 14.9 Å². The number of aromatic nitrogens is 2. The summed E-state index contributed by atoms with van der Waals surface area (Å²) < 4.78 is 6.82. The number of benzene rings is 2. The predicted molar refractivity (Wildman–Crippen MR) is 131 cm³/mol. The van der Waals surface area contributed by atoms with E-state index in [4.69, 9.17) is 17.0 Å². The number of amides is 1. The van der Waals surface area contributed by atoms with E-state index in [0.29, 0.717) is 5.56 Å². The summed E-state index contributed by atoms with van der Waals surface area (Å²) >= 11 is 5.65. The number of nitrogens with zero attached hydrogens (tertiary/aromatic N) is 4. The molecule has 3 aromatic rings. The van der Waals surface area contributed by atoms with Crippen LogP contribution in [-0.2, 0) is 9.53 Å². The van der Waals surface area contributed by atoms with Crippen LogP contribution in [0.15, 0.2) is 54.7 Å². The molecular weight excluding hydrogens is 450 g/mol. The molecule has 2 atom stereocenters. The molecule has 0 aliphatic carbocycles. The third kappa shape index (κ3) is 4.16. The molecule has 9 heteroatoms. The molecule has 1 aliphatic heterocycles. The molecule has 1 aliphatic rings. The van der Waals surface area contributed by atoms with Crippen LogP contribution in [0.3, 0.4) is 0 Å². The number of aryl methyl sites for hydroxylation is 2. The lowest BCUT2D eigenvalue weighted by Gasteiger charge is -2.40. The van der Waals surface area contributed by atoms with Crippen molar-refractivity contribution in [1.29, 1.82) is 5.26 Å². The molecule has 172 valence electrons. The smallest absolute Gasteiger partial charge is 0.359 e. The number of esters is 1. The average Bonchev–Trinajstić information content (AvgIpc) is 3.27. The van der Waals surface area contributed by atoms with Crippen LogP contribution in [0.25, 0.3) is 5.69 Å². The van der Waals surface area contributed by atoms with E-state index < -0.39 is 24.0 Å². The number of nitrogens with one attached hydrogen (secondary N) is 1. The van der Waals surface area contributed by atoms with Crippen LogP contribution in [0.2, 0.25) is 0 Å². The Morgan fingerprint density at radius 1 is 1.24 bits per heavy atom. The van der Waals surface area contributed by atoms with Crippen molar-refractivity contribution in [3.8, 4) is 11.8 Å². The van der Waals surface area contributed by atoms with Gasteiger partial charge in [-0.1, -0.05) is 42.5 Å². The van der Waals surface area contributed by atoms with Gasteiger partial charge >= 0.3 is 5.97 Å². The first kappa shape index (κ1) is 23.1. The van der Waals surface area contributed by atoms with E-state index >= 15 is 0 Å². The standard InChI is InChI=1S/C25H23N5O3S/c1-4-33-25(32)21-19(14-29(28-21)17-8-6-5-7-9-17)22-27-23(31)18(13-26)24(34)30(22)20-12-15(2)10-11-16(20)3/h5-12,14,18,22H,4H2,1-3H3,(H,27,31). The van der Waals surface area contributed by atoms with Crippen molar-refractivity contribution in [2.75, 3.05) is 11.5 Å². The Morgan fingerprint density at radius 3 is 2.65 bits per heavy atom. The van der Waals surface area contributed by atoms with Crippen LogP contribution >= 0.6 is 12.2 Å². The zero-order valence-electron chi connectivity index (χ0n) is 19.0. The third-order valence-corrected chi connectivity index (χ3v) is 6.00. The molecule has 4 rings (SSSR count). The third-order valence-electron chi connectivity index (χ3n) is 5.56. The summed E-state index contributed by atoms with van der Waals surface area (Å²) in [6, 6.07) is 17.1. The van der Waals surface area contributed by atoms with E-state index in [2.05, 4.69) is 10.4 Å². The number of nitriles is 1. The van der Waals surface area contributed by atoms with Gasteiger partial charge in [-0.05, 0) is 50.1 Å². The highest BCUT2D eigenvalue weighted by Gasteiger charge is 2.42. The van der Waals surface area contributed by atoms with E-state index in [-0.39, 0.29) is 17.3 Å². The van der Waals surface area contributed by atoms with Gasteiger partial charge in [-0.15, -0.1) is 0 Å². The summed E-state index contributed by atoms with van der Waals surface area (Å²) in [6.45, 7) is 5.75. The number of carbonyl (C=O) groups excluding carboxylic acids is 2. The topological polar surface area (TPSA) is 100 Å². The van der Waals surface area contributed by atoms with E-state index in [1.54, 1.807) is 22.7 Å². The first-order valence-electron chi connectivity index (χ1n) is 10.8. The number of anilines is 1. The van der Waals surface area contributed by atoms with Gasteiger partial charge in [0, 0.05) is 17.4 Å². The number of carbonyl (C=O) groups is 2. The first-order chi connectivity index (χ1) is 16.3. The van der Waals surface area contributed by atoms with Gasteiger partial charge in [0.25, 0.3) is 0 Å². The van der Waals surface area contributed by atoms with Crippen molar-refractivity contribution in [2.24, 2.45) is 5.92 Å². The van der Waals surface area contributed by atoms with Crippen molar-refractivity contribution < 1.29 is 14.3 Å². The number of hydrogen-bond donors (Lipinski definition) is 1. The lowest BCUT2D eigenvalue weighted by Crippen LogP contribution is -2.56. The summed E-state index contributed by atoms with van der Waals surface area (Å²) in [7, 11) is 0. The summed E-state index contributed by atoms with van der Waals surface area (Å²) in [5.74, 6) is -2.28. The molecule has 2 heterocycles. The highest BCUT2D eigenvalue weighted by Crippen LogP contribution is 2.35. The number of ether oxygens (including phenoxy) is 1. The Bertz CT molecular complexity index is 1310. The fraction of sp³-hybridized carbons (Fsp3) is 0.240. The largest absolute Gasteiger partial charge is 0.461 e. The molecule has 1 aromatic heterocycles. The Labute approximate surface area is 202 Å². The molecule has 34 heavy (non-hydrogen) atoms. The highest BCUT2D eigenvalue weighted by molar-refractivity contribution is 7.80. The van der Waals surface area contributed by atoms with Crippen molar-refractivity contribution in [3.05, 3.63) is 77.1 Å². The summed E-state index contributed by atoms with van der Waals surface area (Å²) in [5.41, 5.74) is 3.83. The maximum Gasteiger partial charge on any atom is 0.359 e. The maximum atomic E-state index is 12.9. The minimum atomic E-state index is -1.14. The van der Waals surface area contributed by atoms with Crippen molar-refractivity contribution in [3.63, 3.8) is 0 Å². The Morgan fingerprint density at radius 2 is 1.97 bits per heavy atom.